The number of aromatic nitrogens is 2. The van der Waals surface area contributed by atoms with Gasteiger partial charge in [-0.25, -0.2) is 4.98 Å². The fourth-order valence-corrected chi connectivity index (χ4v) is 3.54. The van der Waals surface area contributed by atoms with Crippen LogP contribution >= 0.6 is 0 Å². The van der Waals surface area contributed by atoms with Gasteiger partial charge in [0.2, 0.25) is 5.95 Å². The van der Waals surface area contributed by atoms with Crippen molar-refractivity contribution in [3.8, 4) is 0 Å². The summed E-state index contributed by atoms with van der Waals surface area (Å²) >= 11 is 0. The minimum absolute atomic E-state index is 0.874. The summed E-state index contributed by atoms with van der Waals surface area (Å²) in [6.45, 7) is 8.22. The van der Waals surface area contributed by atoms with E-state index in [0.29, 0.717) is 0 Å². The third kappa shape index (κ3) is 3.08. The first kappa shape index (κ1) is 15.4. The number of anilines is 2. The summed E-state index contributed by atoms with van der Waals surface area (Å²) < 4.78 is 0. The molecule has 3 heterocycles. The van der Waals surface area contributed by atoms with E-state index in [0.717, 1.165) is 63.1 Å². The maximum atomic E-state index is 4.90. The van der Waals surface area contributed by atoms with Gasteiger partial charge in [-0.1, -0.05) is 24.3 Å². The van der Waals surface area contributed by atoms with E-state index in [1.165, 1.54) is 11.1 Å². The number of aryl methyl sites for hydroxylation is 1. The van der Waals surface area contributed by atoms with Crippen LogP contribution in [0.15, 0.2) is 30.3 Å². The first-order valence-corrected chi connectivity index (χ1v) is 8.80. The van der Waals surface area contributed by atoms with E-state index < -0.39 is 0 Å². The molecule has 0 atom stereocenters. The predicted molar refractivity (Wildman–Crippen MR) is 97.7 cm³/mol. The molecule has 126 valence electrons. The SMILES string of the molecule is Cc1cc(N2CCN(C)CC2)nc(N2CCc3ccccc3C2)n1. The average molecular weight is 323 g/mol. The predicted octanol–water partition coefficient (Wildman–Crippen LogP) is 2.10. The normalized spacial score (nSPS) is 18.6. The average Bonchev–Trinajstić information content (AvgIpc) is 2.61. The lowest BCUT2D eigenvalue weighted by atomic mass is 10.0. The molecule has 0 radical (unpaired) electrons. The van der Waals surface area contributed by atoms with Gasteiger partial charge < -0.3 is 14.7 Å². The lowest BCUT2D eigenvalue weighted by Gasteiger charge is -2.34. The Balaban J connectivity index is 1.58. The van der Waals surface area contributed by atoms with Crippen molar-refractivity contribution in [2.75, 3.05) is 49.6 Å². The van der Waals surface area contributed by atoms with Crippen molar-refractivity contribution in [1.82, 2.24) is 14.9 Å². The fourth-order valence-electron chi connectivity index (χ4n) is 3.54. The number of nitrogens with zero attached hydrogens (tertiary/aromatic N) is 5. The molecule has 5 heteroatoms. The summed E-state index contributed by atoms with van der Waals surface area (Å²) in [5.41, 5.74) is 3.91. The zero-order valence-corrected chi connectivity index (χ0v) is 14.6. The van der Waals surface area contributed by atoms with Crippen molar-refractivity contribution >= 4 is 11.8 Å². The van der Waals surface area contributed by atoms with Gasteiger partial charge in [0.05, 0.1) is 0 Å². The van der Waals surface area contributed by atoms with Crippen LogP contribution in [0.25, 0.3) is 0 Å². The molecule has 0 saturated carbocycles. The van der Waals surface area contributed by atoms with Crippen LogP contribution in [0.4, 0.5) is 11.8 Å². The van der Waals surface area contributed by atoms with Gasteiger partial charge in [-0.15, -0.1) is 0 Å². The number of piperazine rings is 1. The maximum Gasteiger partial charge on any atom is 0.227 e. The van der Waals surface area contributed by atoms with E-state index in [2.05, 4.69) is 59.0 Å². The van der Waals surface area contributed by atoms with Crippen molar-refractivity contribution < 1.29 is 0 Å². The first-order valence-electron chi connectivity index (χ1n) is 8.80. The van der Waals surface area contributed by atoms with Gasteiger partial charge in [0, 0.05) is 51.0 Å². The van der Waals surface area contributed by atoms with Crippen LogP contribution in [0.5, 0.6) is 0 Å². The van der Waals surface area contributed by atoms with E-state index >= 15 is 0 Å². The molecule has 2 aliphatic rings. The molecule has 1 fully saturated rings. The lowest BCUT2D eigenvalue weighted by Crippen LogP contribution is -2.45. The first-order chi connectivity index (χ1) is 11.7. The maximum absolute atomic E-state index is 4.90. The van der Waals surface area contributed by atoms with Crippen molar-refractivity contribution in [3.63, 3.8) is 0 Å². The van der Waals surface area contributed by atoms with E-state index in [9.17, 15) is 0 Å². The third-order valence-corrected chi connectivity index (χ3v) is 5.07. The van der Waals surface area contributed by atoms with Gasteiger partial charge in [0.1, 0.15) is 5.82 Å². The monoisotopic (exact) mass is 323 g/mol. The van der Waals surface area contributed by atoms with E-state index in [4.69, 9.17) is 9.97 Å². The molecule has 0 bridgehead atoms. The zero-order chi connectivity index (χ0) is 16.5. The number of hydrogen-bond acceptors (Lipinski definition) is 5. The summed E-state index contributed by atoms with van der Waals surface area (Å²) in [6, 6.07) is 10.8. The van der Waals surface area contributed by atoms with Crippen LogP contribution in [0.3, 0.4) is 0 Å². The molecular formula is C19H25N5. The van der Waals surface area contributed by atoms with Crippen LogP contribution in [0.2, 0.25) is 0 Å². The zero-order valence-electron chi connectivity index (χ0n) is 14.6. The number of benzene rings is 1. The van der Waals surface area contributed by atoms with E-state index in [1.807, 2.05) is 0 Å². The molecule has 1 saturated heterocycles. The minimum atomic E-state index is 0.874. The molecular weight excluding hydrogens is 298 g/mol. The molecule has 0 N–H and O–H groups in total. The summed E-state index contributed by atoms with van der Waals surface area (Å²) in [6.07, 6.45) is 1.07. The van der Waals surface area contributed by atoms with Crippen molar-refractivity contribution in [1.29, 1.82) is 0 Å². The summed E-state index contributed by atoms with van der Waals surface area (Å²) in [7, 11) is 2.18. The topological polar surface area (TPSA) is 35.5 Å². The van der Waals surface area contributed by atoms with Crippen LogP contribution in [0.1, 0.15) is 16.8 Å². The Morgan fingerprint density at radius 2 is 1.62 bits per heavy atom. The molecule has 24 heavy (non-hydrogen) atoms. The highest BCUT2D eigenvalue weighted by Gasteiger charge is 2.21. The van der Waals surface area contributed by atoms with Crippen LogP contribution in [-0.4, -0.2) is 54.6 Å². The number of fused-ring (bicyclic) bond motifs is 1. The van der Waals surface area contributed by atoms with Crippen molar-refractivity contribution in [2.45, 2.75) is 19.9 Å². The Hall–Kier alpha value is -2.14. The molecule has 0 unspecified atom stereocenters. The van der Waals surface area contributed by atoms with Crippen molar-refractivity contribution in [3.05, 3.63) is 47.2 Å². The van der Waals surface area contributed by atoms with Gasteiger partial charge in [-0.3, -0.25) is 0 Å². The van der Waals surface area contributed by atoms with Crippen LogP contribution < -0.4 is 9.80 Å². The molecule has 0 aliphatic carbocycles. The van der Waals surface area contributed by atoms with E-state index in [-0.39, 0.29) is 0 Å². The van der Waals surface area contributed by atoms with Gasteiger partial charge in [0.15, 0.2) is 0 Å². The second kappa shape index (κ2) is 6.40. The largest absolute Gasteiger partial charge is 0.354 e. The highest BCUT2D eigenvalue weighted by Crippen LogP contribution is 2.24. The highest BCUT2D eigenvalue weighted by atomic mass is 15.3. The molecule has 1 aromatic carbocycles. The number of rotatable bonds is 2. The standard InChI is InChI=1S/C19H25N5/c1-15-13-18(23-11-9-22(2)10-12-23)21-19(20-15)24-8-7-16-5-3-4-6-17(16)14-24/h3-6,13H,7-12,14H2,1-2H3. The van der Waals surface area contributed by atoms with Gasteiger partial charge >= 0.3 is 0 Å². The number of likely N-dealkylation sites (N-methyl/N-ethyl adjacent to an activating group) is 1. The Labute approximate surface area is 143 Å². The molecule has 2 aliphatic heterocycles. The number of hydrogen-bond donors (Lipinski definition) is 0. The van der Waals surface area contributed by atoms with Crippen molar-refractivity contribution in [2.24, 2.45) is 0 Å². The van der Waals surface area contributed by atoms with Gasteiger partial charge in [-0.2, -0.15) is 4.98 Å². The van der Waals surface area contributed by atoms with Gasteiger partial charge in [0.25, 0.3) is 0 Å². The Morgan fingerprint density at radius 3 is 2.42 bits per heavy atom. The summed E-state index contributed by atoms with van der Waals surface area (Å²) in [5.74, 6) is 1.95. The smallest absolute Gasteiger partial charge is 0.227 e. The molecule has 0 spiro atoms. The summed E-state index contributed by atoms with van der Waals surface area (Å²) in [4.78, 5) is 16.7. The lowest BCUT2D eigenvalue weighted by molar-refractivity contribution is 0.312. The van der Waals surface area contributed by atoms with Crippen LogP contribution in [-0.2, 0) is 13.0 Å². The Kier molecular flexibility index (Phi) is 4.10. The Bertz CT molecular complexity index is 721. The third-order valence-electron chi connectivity index (χ3n) is 5.07. The van der Waals surface area contributed by atoms with Crippen LogP contribution in [0, 0.1) is 6.92 Å². The second-order valence-electron chi connectivity index (χ2n) is 6.90. The van der Waals surface area contributed by atoms with Gasteiger partial charge in [-0.05, 0) is 31.5 Å². The molecule has 5 nitrogen and oxygen atoms in total. The second-order valence-corrected chi connectivity index (χ2v) is 6.90. The molecule has 0 amide bonds. The molecule has 1 aromatic heterocycles. The Morgan fingerprint density at radius 1 is 0.875 bits per heavy atom. The quantitative estimate of drug-likeness (QED) is 0.846. The fraction of sp³-hybridized carbons (Fsp3) is 0.474. The highest BCUT2D eigenvalue weighted by molar-refractivity contribution is 5.48. The molecule has 4 rings (SSSR count). The van der Waals surface area contributed by atoms with E-state index in [1.54, 1.807) is 0 Å². The minimum Gasteiger partial charge on any atom is -0.354 e. The molecule has 2 aromatic rings. The summed E-state index contributed by atoms with van der Waals surface area (Å²) in [5, 5.41) is 0.